The van der Waals surface area contributed by atoms with E-state index in [2.05, 4.69) is 78.3 Å². The summed E-state index contributed by atoms with van der Waals surface area (Å²) in [7, 11) is 0. The van der Waals surface area contributed by atoms with Gasteiger partial charge in [-0.2, -0.15) is 0 Å². The highest BCUT2D eigenvalue weighted by atomic mass is 79.9. The van der Waals surface area contributed by atoms with Crippen molar-refractivity contribution in [2.24, 2.45) is 0 Å². The van der Waals surface area contributed by atoms with E-state index in [0.717, 1.165) is 11.1 Å². The summed E-state index contributed by atoms with van der Waals surface area (Å²) < 4.78 is 5.95. The van der Waals surface area contributed by atoms with Crippen LogP contribution >= 0.6 is 15.9 Å². The highest BCUT2D eigenvalue weighted by molar-refractivity contribution is 9.09. The number of alkyl halides is 1. The Morgan fingerprint density at radius 3 is 2.19 bits per heavy atom. The minimum absolute atomic E-state index is 0.375. The molecule has 2 aromatic rings. The van der Waals surface area contributed by atoms with Crippen LogP contribution < -0.4 is 4.74 Å². The van der Waals surface area contributed by atoms with Gasteiger partial charge in [0.2, 0.25) is 0 Å². The number of hydrogen-bond donors (Lipinski definition) is 0. The number of halogens is 1. The highest BCUT2D eigenvalue weighted by Gasteiger charge is 2.11. The Labute approximate surface area is 136 Å². The van der Waals surface area contributed by atoms with Crippen LogP contribution in [0.2, 0.25) is 0 Å². The van der Waals surface area contributed by atoms with Gasteiger partial charge in [-0.25, -0.2) is 0 Å². The van der Waals surface area contributed by atoms with E-state index in [0.29, 0.717) is 18.4 Å². The summed E-state index contributed by atoms with van der Waals surface area (Å²) in [5.74, 6) is 1.93. The van der Waals surface area contributed by atoms with Gasteiger partial charge in [0.1, 0.15) is 5.75 Å². The predicted molar refractivity (Wildman–Crippen MR) is 93.6 cm³/mol. The van der Waals surface area contributed by atoms with E-state index >= 15 is 0 Å². The molecule has 2 heteroatoms. The molecule has 0 aliphatic rings. The Bertz CT molecular complexity index is 521. The topological polar surface area (TPSA) is 9.23 Å². The first-order valence-electron chi connectivity index (χ1n) is 7.58. The van der Waals surface area contributed by atoms with Crippen molar-refractivity contribution in [3.63, 3.8) is 0 Å². The third kappa shape index (κ3) is 4.60. The van der Waals surface area contributed by atoms with Crippen molar-refractivity contribution in [1.29, 1.82) is 0 Å². The fourth-order valence-corrected chi connectivity index (χ4v) is 2.84. The molecule has 0 aromatic heterocycles. The molecule has 1 nitrogen and oxygen atoms in total. The molecule has 2 rings (SSSR count). The second-order valence-corrected chi connectivity index (χ2v) is 6.10. The van der Waals surface area contributed by atoms with E-state index in [4.69, 9.17) is 4.74 Å². The number of ether oxygens (including phenoxy) is 1. The van der Waals surface area contributed by atoms with Gasteiger partial charge in [-0.3, -0.25) is 0 Å². The van der Waals surface area contributed by atoms with Gasteiger partial charge in [-0.15, -0.1) is 0 Å². The van der Waals surface area contributed by atoms with Crippen LogP contribution in [0.1, 0.15) is 43.2 Å². The van der Waals surface area contributed by atoms with E-state index in [9.17, 15) is 0 Å². The Morgan fingerprint density at radius 1 is 0.952 bits per heavy atom. The molecule has 0 bridgehead atoms. The zero-order valence-corrected chi connectivity index (χ0v) is 14.3. The first kappa shape index (κ1) is 16.1. The van der Waals surface area contributed by atoms with Gasteiger partial charge in [-0.05, 0) is 35.6 Å². The monoisotopic (exact) mass is 346 g/mol. The van der Waals surface area contributed by atoms with Crippen LogP contribution in [0, 0.1) is 0 Å². The van der Waals surface area contributed by atoms with Gasteiger partial charge in [0.05, 0.1) is 6.61 Å². The summed E-state index contributed by atoms with van der Waals surface area (Å²) >= 11 is 3.59. The molecular weight excluding hydrogens is 324 g/mol. The highest BCUT2D eigenvalue weighted by Crippen LogP contribution is 2.23. The third-order valence-corrected chi connectivity index (χ3v) is 4.75. The minimum atomic E-state index is 0.375. The quantitative estimate of drug-likeness (QED) is 0.579. The van der Waals surface area contributed by atoms with Gasteiger partial charge in [-0.1, -0.05) is 72.2 Å². The molecule has 0 saturated heterocycles. The fourth-order valence-electron chi connectivity index (χ4n) is 2.28. The molecule has 0 radical (unpaired) electrons. The average molecular weight is 347 g/mol. The number of rotatable bonds is 7. The van der Waals surface area contributed by atoms with Crippen molar-refractivity contribution in [3.05, 3.63) is 65.7 Å². The van der Waals surface area contributed by atoms with Gasteiger partial charge in [0, 0.05) is 11.2 Å². The van der Waals surface area contributed by atoms with Gasteiger partial charge in [0.15, 0.2) is 0 Å². The fraction of sp³-hybridized carbons (Fsp3) is 0.368. The largest absolute Gasteiger partial charge is 0.493 e. The molecule has 21 heavy (non-hydrogen) atoms. The van der Waals surface area contributed by atoms with E-state index < -0.39 is 0 Å². The summed E-state index contributed by atoms with van der Waals surface area (Å²) in [5.41, 5.74) is 2.69. The summed E-state index contributed by atoms with van der Waals surface area (Å²) in [6, 6.07) is 19.0. The summed E-state index contributed by atoms with van der Waals surface area (Å²) in [5, 5.41) is 0.905. The minimum Gasteiger partial charge on any atom is -0.493 e. The van der Waals surface area contributed by atoms with Gasteiger partial charge >= 0.3 is 0 Å². The van der Waals surface area contributed by atoms with Crippen molar-refractivity contribution < 1.29 is 4.74 Å². The molecule has 0 saturated carbocycles. The van der Waals surface area contributed by atoms with Gasteiger partial charge in [0.25, 0.3) is 0 Å². The smallest absolute Gasteiger partial charge is 0.119 e. The van der Waals surface area contributed by atoms with Crippen LogP contribution in [0.25, 0.3) is 0 Å². The van der Waals surface area contributed by atoms with Crippen LogP contribution in [-0.2, 0) is 0 Å². The van der Waals surface area contributed by atoms with Gasteiger partial charge < -0.3 is 4.74 Å². The molecule has 0 aliphatic carbocycles. The lowest BCUT2D eigenvalue weighted by Gasteiger charge is -2.16. The molecule has 2 atom stereocenters. The van der Waals surface area contributed by atoms with Crippen LogP contribution in [-0.4, -0.2) is 11.9 Å². The molecule has 0 fully saturated rings. The Kier molecular flexibility index (Phi) is 6.31. The van der Waals surface area contributed by atoms with Crippen molar-refractivity contribution >= 4 is 15.9 Å². The maximum absolute atomic E-state index is 5.95. The van der Waals surface area contributed by atoms with Crippen LogP contribution in [0.3, 0.4) is 0 Å². The Morgan fingerprint density at radius 2 is 1.62 bits per heavy atom. The summed E-state index contributed by atoms with van der Waals surface area (Å²) in [6.07, 6.45) is 1.17. The average Bonchev–Trinajstić information content (AvgIpc) is 2.56. The van der Waals surface area contributed by atoms with Crippen molar-refractivity contribution in [2.45, 2.75) is 32.1 Å². The summed E-state index contributed by atoms with van der Waals surface area (Å²) in [4.78, 5) is 0. The lowest BCUT2D eigenvalue weighted by Crippen LogP contribution is -2.11. The van der Waals surface area contributed by atoms with Crippen molar-refractivity contribution in [3.8, 4) is 5.75 Å². The molecule has 0 heterocycles. The van der Waals surface area contributed by atoms with E-state index in [1.807, 2.05) is 6.07 Å². The van der Waals surface area contributed by atoms with Crippen molar-refractivity contribution in [1.82, 2.24) is 0 Å². The van der Waals surface area contributed by atoms with Crippen LogP contribution in [0.4, 0.5) is 0 Å². The molecule has 0 aliphatic heterocycles. The first-order valence-corrected chi connectivity index (χ1v) is 8.70. The zero-order valence-electron chi connectivity index (χ0n) is 12.8. The van der Waals surface area contributed by atoms with Crippen LogP contribution in [0.5, 0.6) is 5.75 Å². The lowest BCUT2D eigenvalue weighted by atomic mass is 9.99. The standard InChI is InChI=1S/C19H23BrO/c1-3-15(2)16-9-11-19(12-10-16)21-14-18(13-20)17-7-5-4-6-8-17/h4-12,15,18H,3,13-14H2,1-2H3. The number of hydrogen-bond acceptors (Lipinski definition) is 1. The predicted octanol–water partition coefficient (Wildman–Crippen LogP) is 5.76. The maximum atomic E-state index is 5.95. The molecule has 2 aromatic carbocycles. The van der Waals surface area contributed by atoms with E-state index in [1.54, 1.807) is 0 Å². The Hall–Kier alpha value is -1.28. The molecule has 0 N–H and O–H groups in total. The van der Waals surface area contributed by atoms with Crippen LogP contribution in [0.15, 0.2) is 54.6 Å². The van der Waals surface area contributed by atoms with E-state index in [-0.39, 0.29) is 0 Å². The summed E-state index contributed by atoms with van der Waals surface area (Å²) in [6.45, 7) is 5.17. The Balaban J connectivity index is 1.95. The molecule has 0 spiro atoms. The first-order chi connectivity index (χ1) is 10.2. The molecule has 2 unspecified atom stereocenters. The normalized spacial score (nSPS) is 13.7. The SMILES string of the molecule is CCC(C)c1ccc(OCC(CBr)c2ccccc2)cc1. The van der Waals surface area contributed by atoms with Crippen molar-refractivity contribution in [2.75, 3.05) is 11.9 Å². The third-order valence-electron chi connectivity index (χ3n) is 3.97. The second-order valence-electron chi connectivity index (χ2n) is 5.45. The molecule has 112 valence electrons. The number of benzene rings is 2. The second kappa shape index (κ2) is 8.23. The van der Waals surface area contributed by atoms with E-state index in [1.165, 1.54) is 17.5 Å². The molecular formula is C19H23BrO. The zero-order chi connectivity index (χ0) is 15.1. The maximum Gasteiger partial charge on any atom is 0.119 e. The molecule has 0 amide bonds. The lowest BCUT2D eigenvalue weighted by molar-refractivity contribution is 0.298.